The van der Waals surface area contributed by atoms with Gasteiger partial charge in [-0.25, -0.2) is 4.98 Å². The van der Waals surface area contributed by atoms with Crippen LogP contribution in [0.15, 0.2) is 29.7 Å². The summed E-state index contributed by atoms with van der Waals surface area (Å²) < 4.78 is 0. The molecule has 1 aromatic heterocycles. The molecule has 0 saturated carbocycles. The predicted molar refractivity (Wildman–Crippen MR) is 72.1 cm³/mol. The third kappa shape index (κ3) is 5.42. The van der Waals surface area contributed by atoms with Gasteiger partial charge in [0.05, 0.1) is 5.69 Å². The molecule has 0 aliphatic heterocycles. The van der Waals surface area contributed by atoms with Gasteiger partial charge < -0.3 is 4.90 Å². The molecule has 0 spiro atoms. The third-order valence-electron chi connectivity index (χ3n) is 1.81. The minimum absolute atomic E-state index is 0.158. The maximum atomic E-state index is 11.4. The fourth-order valence-corrected chi connectivity index (χ4v) is 1.87. The molecule has 0 fully saturated rings. The number of allylic oxidation sites excluding steroid dienone is 3. The molecule has 0 aliphatic rings. The van der Waals surface area contributed by atoms with Gasteiger partial charge in [0.25, 0.3) is 0 Å². The van der Waals surface area contributed by atoms with E-state index in [0.29, 0.717) is 5.13 Å². The molecule has 0 radical (unpaired) electrons. The highest BCUT2D eigenvalue weighted by atomic mass is 32.1. The summed E-state index contributed by atoms with van der Waals surface area (Å²) in [4.78, 5) is 17.8. The molecule has 1 heterocycles. The van der Waals surface area contributed by atoms with Crippen LogP contribution >= 0.6 is 11.3 Å². The van der Waals surface area contributed by atoms with Gasteiger partial charge in [0.15, 0.2) is 5.13 Å². The molecule has 1 N–H and O–H groups in total. The minimum atomic E-state index is -0.158. The molecule has 17 heavy (non-hydrogen) atoms. The average Bonchev–Trinajstić information content (AvgIpc) is 2.64. The molecular weight excluding hydrogens is 234 g/mol. The number of anilines is 1. The van der Waals surface area contributed by atoms with Crippen LogP contribution in [0.25, 0.3) is 0 Å². The largest absolute Gasteiger partial charge is 0.304 e. The summed E-state index contributed by atoms with van der Waals surface area (Å²) in [5, 5.41) is 5.31. The second-order valence-corrected chi connectivity index (χ2v) is 4.61. The zero-order chi connectivity index (χ0) is 12.7. The van der Waals surface area contributed by atoms with Gasteiger partial charge in [-0.15, -0.1) is 11.3 Å². The van der Waals surface area contributed by atoms with Crippen molar-refractivity contribution < 1.29 is 4.79 Å². The van der Waals surface area contributed by atoms with Crippen molar-refractivity contribution in [2.45, 2.75) is 13.5 Å². The van der Waals surface area contributed by atoms with E-state index in [0.717, 1.165) is 12.2 Å². The van der Waals surface area contributed by atoms with E-state index in [4.69, 9.17) is 0 Å². The highest BCUT2D eigenvalue weighted by molar-refractivity contribution is 7.13. The van der Waals surface area contributed by atoms with Crippen LogP contribution in [0.2, 0.25) is 0 Å². The lowest BCUT2D eigenvalue weighted by Crippen LogP contribution is -2.11. The normalized spacial score (nSPS) is 11.8. The van der Waals surface area contributed by atoms with Crippen molar-refractivity contribution in [3.05, 3.63) is 35.4 Å². The first kappa shape index (κ1) is 13.6. The molecule has 5 heteroatoms. The highest BCUT2D eigenvalue weighted by Crippen LogP contribution is 2.16. The summed E-state index contributed by atoms with van der Waals surface area (Å²) in [6.07, 6.45) is 6.85. The van der Waals surface area contributed by atoms with Gasteiger partial charge in [-0.3, -0.25) is 10.1 Å². The van der Waals surface area contributed by atoms with E-state index in [2.05, 4.69) is 10.3 Å². The van der Waals surface area contributed by atoms with Crippen LogP contribution < -0.4 is 5.32 Å². The smallest absolute Gasteiger partial charge is 0.250 e. The number of hydrogen-bond donors (Lipinski definition) is 1. The summed E-state index contributed by atoms with van der Waals surface area (Å²) in [7, 11) is 3.97. The highest BCUT2D eigenvalue weighted by Gasteiger charge is 2.04. The second kappa shape index (κ2) is 6.98. The van der Waals surface area contributed by atoms with Crippen LogP contribution in [-0.2, 0) is 11.3 Å². The number of aromatic nitrogens is 1. The SMILES string of the molecule is C/C=C/C=C/C(=O)Nc1nc(CN(C)C)cs1. The average molecular weight is 251 g/mol. The van der Waals surface area contributed by atoms with Gasteiger partial charge in [0, 0.05) is 18.0 Å². The van der Waals surface area contributed by atoms with E-state index >= 15 is 0 Å². The Balaban J connectivity index is 2.51. The van der Waals surface area contributed by atoms with Crippen molar-refractivity contribution in [1.29, 1.82) is 0 Å². The van der Waals surface area contributed by atoms with Crippen molar-refractivity contribution >= 4 is 22.4 Å². The van der Waals surface area contributed by atoms with Gasteiger partial charge >= 0.3 is 0 Å². The molecule has 92 valence electrons. The number of carbonyl (C=O) groups is 1. The molecule has 1 aromatic rings. The predicted octanol–water partition coefficient (Wildman–Crippen LogP) is 2.28. The van der Waals surface area contributed by atoms with E-state index in [1.807, 2.05) is 37.4 Å². The first-order chi connectivity index (χ1) is 8.11. The summed E-state index contributed by atoms with van der Waals surface area (Å²) in [5.74, 6) is -0.158. The molecule has 0 atom stereocenters. The Morgan fingerprint density at radius 2 is 2.29 bits per heavy atom. The number of amides is 1. The Morgan fingerprint density at radius 3 is 2.94 bits per heavy atom. The van der Waals surface area contributed by atoms with Gasteiger partial charge in [0.1, 0.15) is 0 Å². The number of hydrogen-bond acceptors (Lipinski definition) is 4. The molecule has 0 aromatic carbocycles. The fraction of sp³-hybridized carbons (Fsp3) is 0.333. The molecule has 4 nitrogen and oxygen atoms in total. The van der Waals surface area contributed by atoms with E-state index in [1.165, 1.54) is 17.4 Å². The first-order valence-electron chi connectivity index (χ1n) is 5.31. The van der Waals surface area contributed by atoms with Gasteiger partial charge in [-0.05, 0) is 21.0 Å². The number of carbonyl (C=O) groups excluding carboxylic acids is 1. The fourth-order valence-electron chi connectivity index (χ4n) is 1.16. The molecule has 0 saturated heterocycles. The topological polar surface area (TPSA) is 45.2 Å². The molecule has 1 rings (SSSR count). The minimum Gasteiger partial charge on any atom is -0.304 e. The standard InChI is InChI=1S/C12H17N3OS/c1-4-5-6-7-11(16)14-12-13-10(9-17-12)8-15(2)3/h4-7,9H,8H2,1-3H3,(H,13,14,16)/b5-4+,7-6+. The molecular formula is C12H17N3OS. The number of thiazole rings is 1. The quantitative estimate of drug-likeness (QED) is 0.645. The van der Waals surface area contributed by atoms with E-state index in [-0.39, 0.29) is 5.91 Å². The van der Waals surface area contributed by atoms with Crippen molar-refractivity contribution in [3.63, 3.8) is 0 Å². The lowest BCUT2D eigenvalue weighted by Gasteiger charge is -2.05. The van der Waals surface area contributed by atoms with Crippen LogP contribution in [-0.4, -0.2) is 29.9 Å². The number of rotatable bonds is 5. The third-order valence-corrected chi connectivity index (χ3v) is 2.62. The maximum absolute atomic E-state index is 11.4. The van der Waals surface area contributed by atoms with Gasteiger partial charge in [-0.1, -0.05) is 18.2 Å². The van der Waals surface area contributed by atoms with E-state index in [1.54, 1.807) is 12.2 Å². The van der Waals surface area contributed by atoms with E-state index < -0.39 is 0 Å². The number of nitrogens with zero attached hydrogens (tertiary/aromatic N) is 2. The zero-order valence-corrected chi connectivity index (χ0v) is 11.1. The van der Waals surface area contributed by atoms with Crippen molar-refractivity contribution in [2.75, 3.05) is 19.4 Å². The van der Waals surface area contributed by atoms with Crippen molar-refractivity contribution in [2.24, 2.45) is 0 Å². The van der Waals surface area contributed by atoms with Crippen LogP contribution in [0.3, 0.4) is 0 Å². The van der Waals surface area contributed by atoms with Crippen LogP contribution in [0.4, 0.5) is 5.13 Å². The maximum Gasteiger partial charge on any atom is 0.250 e. The first-order valence-corrected chi connectivity index (χ1v) is 6.19. The molecule has 0 aliphatic carbocycles. The Labute approximate surface area is 106 Å². The van der Waals surface area contributed by atoms with E-state index in [9.17, 15) is 4.79 Å². The van der Waals surface area contributed by atoms with Gasteiger partial charge in [0.2, 0.25) is 5.91 Å². The molecule has 0 bridgehead atoms. The molecule has 1 amide bonds. The lowest BCUT2D eigenvalue weighted by molar-refractivity contribution is -0.111. The summed E-state index contributed by atoms with van der Waals surface area (Å²) in [5.41, 5.74) is 0.965. The Kier molecular flexibility index (Phi) is 5.59. The Bertz CT molecular complexity index is 421. The Morgan fingerprint density at radius 1 is 1.53 bits per heavy atom. The van der Waals surface area contributed by atoms with Crippen molar-refractivity contribution in [1.82, 2.24) is 9.88 Å². The zero-order valence-electron chi connectivity index (χ0n) is 10.3. The summed E-state index contributed by atoms with van der Waals surface area (Å²) in [6.45, 7) is 2.68. The molecule has 0 unspecified atom stereocenters. The number of nitrogens with one attached hydrogen (secondary N) is 1. The Hall–Kier alpha value is -1.46. The monoisotopic (exact) mass is 251 g/mol. The lowest BCUT2D eigenvalue weighted by atomic mass is 10.4. The summed E-state index contributed by atoms with van der Waals surface area (Å²) >= 11 is 1.44. The summed E-state index contributed by atoms with van der Waals surface area (Å²) in [6, 6.07) is 0. The van der Waals surface area contributed by atoms with Crippen LogP contribution in [0.1, 0.15) is 12.6 Å². The van der Waals surface area contributed by atoms with Crippen LogP contribution in [0.5, 0.6) is 0 Å². The van der Waals surface area contributed by atoms with Crippen LogP contribution in [0, 0.1) is 0 Å². The van der Waals surface area contributed by atoms with Gasteiger partial charge in [-0.2, -0.15) is 0 Å². The second-order valence-electron chi connectivity index (χ2n) is 3.76. The van der Waals surface area contributed by atoms with Crippen molar-refractivity contribution in [3.8, 4) is 0 Å².